The zero-order valence-electron chi connectivity index (χ0n) is 18.9. The van der Waals surface area contributed by atoms with E-state index < -0.39 is 5.25 Å². The number of nitrogens with zero attached hydrogens (tertiary/aromatic N) is 5. The summed E-state index contributed by atoms with van der Waals surface area (Å²) in [6.07, 6.45) is 0.620. The van der Waals surface area contributed by atoms with Gasteiger partial charge in [-0.15, -0.1) is 21.5 Å². The minimum absolute atomic E-state index is 0.0243. The van der Waals surface area contributed by atoms with E-state index in [1.54, 1.807) is 0 Å². The fourth-order valence-corrected chi connectivity index (χ4v) is 5.64. The molecule has 0 radical (unpaired) electrons. The van der Waals surface area contributed by atoms with Crippen LogP contribution in [0.1, 0.15) is 23.3 Å². The van der Waals surface area contributed by atoms with Crippen molar-refractivity contribution in [1.82, 2.24) is 19.7 Å². The monoisotopic (exact) mass is 495 g/mol. The first kappa shape index (κ1) is 22.8. The molecule has 1 atom stereocenters. The predicted octanol–water partition coefficient (Wildman–Crippen LogP) is 6.44. The van der Waals surface area contributed by atoms with Crippen LogP contribution in [0.3, 0.4) is 0 Å². The average Bonchev–Trinajstić information content (AvgIpc) is 3.49. The fraction of sp³-hybridized carbons (Fsp3) is 0.111. The molecule has 0 bridgehead atoms. The highest BCUT2D eigenvalue weighted by Gasteiger charge is 2.23. The zero-order valence-corrected chi connectivity index (χ0v) is 20.5. The Morgan fingerprint density at radius 2 is 1.69 bits per heavy atom. The molecule has 0 aliphatic heterocycles. The molecule has 0 aliphatic rings. The van der Waals surface area contributed by atoms with Crippen molar-refractivity contribution in [3.05, 3.63) is 107 Å². The van der Waals surface area contributed by atoms with Crippen LogP contribution >= 0.6 is 23.1 Å². The molecule has 5 rings (SSSR count). The smallest absolute Gasteiger partial charge is 0.196 e. The molecule has 0 spiro atoms. The molecule has 3 aromatic carbocycles. The Balaban J connectivity index is 1.49. The minimum Gasteiger partial charge on any atom is -0.510 e. The minimum atomic E-state index is -0.437. The van der Waals surface area contributed by atoms with E-state index in [0.29, 0.717) is 16.6 Å². The van der Waals surface area contributed by atoms with Gasteiger partial charge in [0.1, 0.15) is 28.2 Å². The van der Waals surface area contributed by atoms with Crippen LogP contribution in [0.15, 0.2) is 95.8 Å². The summed E-state index contributed by atoms with van der Waals surface area (Å²) in [5, 5.41) is 30.5. The lowest BCUT2D eigenvalue weighted by Gasteiger charge is -2.14. The van der Waals surface area contributed by atoms with Crippen LogP contribution < -0.4 is 0 Å². The van der Waals surface area contributed by atoms with Crippen LogP contribution in [0.2, 0.25) is 0 Å². The second-order valence-electron chi connectivity index (χ2n) is 7.85. The number of hydrogen-bond donors (Lipinski definition) is 1. The Hall–Kier alpha value is -3.93. The van der Waals surface area contributed by atoms with E-state index in [9.17, 15) is 10.4 Å². The van der Waals surface area contributed by atoms with E-state index >= 15 is 0 Å². The van der Waals surface area contributed by atoms with Gasteiger partial charge in [-0.05, 0) is 36.8 Å². The lowest BCUT2D eigenvalue weighted by Crippen LogP contribution is -2.08. The van der Waals surface area contributed by atoms with Crippen molar-refractivity contribution in [3.8, 4) is 11.8 Å². The summed E-state index contributed by atoms with van der Waals surface area (Å²) in [5.74, 6) is 0.774. The van der Waals surface area contributed by atoms with Crippen molar-refractivity contribution in [2.24, 2.45) is 0 Å². The van der Waals surface area contributed by atoms with Gasteiger partial charge in [-0.2, -0.15) is 5.26 Å². The predicted molar refractivity (Wildman–Crippen MR) is 141 cm³/mol. The van der Waals surface area contributed by atoms with Crippen molar-refractivity contribution >= 4 is 38.9 Å². The molecule has 2 heterocycles. The number of aliphatic hydroxyl groups is 1. The Morgan fingerprint density at radius 3 is 2.40 bits per heavy atom. The van der Waals surface area contributed by atoms with Crippen LogP contribution in [0, 0.1) is 11.3 Å². The van der Waals surface area contributed by atoms with Gasteiger partial charge in [0.05, 0.1) is 15.5 Å². The Labute approximate surface area is 211 Å². The van der Waals surface area contributed by atoms with Gasteiger partial charge in [0.25, 0.3) is 0 Å². The van der Waals surface area contributed by atoms with Crippen molar-refractivity contribution < 1.29 is 5.11 Å². The number of para-hydroxylation sites is 2. The molecule has 35 heavy (non-hydrogen) atoms. The summed E-state index contributed by atoms with van der Waals surface area (Å²) in [4.78, 5) is 4.55. The van der Waals surface area contributed by atoms with Gasteiger partial charge in [0.15, 0.2) is 5.16 Å². The van der Waals surface area contributed by atoms with Crippen LogP contribution in [-0.4, -0.2) is 30.1 Å². The van der Waals surface area contributed by atoms with Crippen LogP contribution in [0.4, 0.5) is 0 Å². The molecule has 0 saturated carbocycles. The number of fused-ring (bicyclic) bond motifs is 1. The van der Waals surface area contributed by atoms with Gasteiger partial charge in [-0.3, -0.25) is 4.57 Å². The number of aliphatic hydroxyl groups excluding tert-OH is 1. The van der Waals surface area contributed by atoms with Crippen LogP contribution in [-0.2, 0) is 6.42 Å². The largest absolute Gasteiger partial charge is 0.510 e. The number of thiazole rings is 1. The molecule has 1 unspecified atom stereocenters. The highest BCUT2D eigenvalue weighted by atomic mass is 32.2. The maximum Gasteiger partial charge on any atom is 0.196 e. The molecular formula is C27H21N5OS2. The molecule has 5 aromatic rings. The van der Waals surface area contributed by atoms with Crippen LogP contribution in [0.25, 0.3) is 21.5 Å². The standard InChI is InChI=1S/C27H21N5OS2/c1-18(25(33)21(17-28)26-29-22-14-8-9-15-23(22)35-26)34-27-31-30-24(16-19-10-4-2-5-11-19)32(27)20-12-6-3-7-13-20/h2-15,18,33H,16H2,1H3/b25-21-. The average molecular weight is 496 g/mol. The van der Waals surface area contributed by atoms with E-state index in [-0.39, 0.29) is 11.3 Å². The molecular weight excluding hydrogens is 474 g/mol. The molecule has 0 saturated heterocycles. The first-order valence-corrected chi connectivity index (χ1v) is 12.7. The molecule has 2 aromatic heterocycles. The number of rotatable bonds is 7. The lowest BCUT2D eigenvalue weighted by molar-refractivity contribution is 0.402. The summed E-state index contributed by atoms with van der Waals surface area (Å²) >= 11 is 2.75. The van der Waals surface area contributed by atoms with E-state index in [1.165, 1.54) is 23.1 Å². The number of allylic oxidation sites excluding steroid dienone is 1. The number of thioether (sulfide) groups is 1. The maximum atomic E-state index is 11.1. The summed E-state index contributed by atoms with van der Waals surface area (Å²) < 4.78 is 2.98. The van der Waals surface area contributed by atoms with Gasteiger partial charge in [-0.1, -0.05) is 72.4 Å². The van der Waals surface area contributed by atoms with E-state index in [1.807, 2.05) is 84.3 Å². The molecule has 6 nitrogen and oxygen atoms in total. The Morgan fingerprint density at radius 1 is 1.00 bits per heavy atom. The second kappa shape index (κ2) is 10.1. The van der Waals surface area contributed by atoms with Crippen LogP contribution in [0.5, 0.6) is 0 Å². The summed E-state index contributed by atoms with van der Waals surface area (Å²) in [5.41, 5.74) is 3.06. The SMILES string of the molecule is CC(Sc1nnc(Cc2ccccc2)n1-c1ccccc1)/C(O)=C(\C#N)c1nc2ccccc2s1. The van der Waals surface area contributed by atoms with E-state index in [0.717, 1.165) is 27.3 Å². The van der Waals surface area contributed by atoms with E-state index in [4.69, 9.17) is 0 Å². The zero-order chi connectivity index (χ0) is 24.2. The second-order valence-corrected chi connectivity index (χ2v) is 10.2. The number of nitriles is 1. The maximum absolute atomic E-state index is 11.1. The Bertz CT molecular complexity index is 1500. The molecule has 8 heteroatoms. The highest BCUT2D eigenvalue weighted by molar-refractivity contribution is 8.00. The topological polar surface area (TPSA) is 87.6 Å². The van der Waals surface area contributed by atoms with Crippen molar-refractivity contribution in [2.45, 2.75) is 23.8 Å². The third-order valence-corrected chi connectivity index (χ3v) is 7.57. The molecule has 0 amide bonds. The summed E-state index contributed by atoms with van der Waals surface area (Å²) in [6, 6.07) is 29.9. The van der Waals surface area contributed by atoms with Gasteiger partial charge in [0, 0.05) is 12.1 Å². The van der Waals surface area contributed by atoms with Gasteiger partial charge in [0.2, 0.25) is 0 Å². The molecule has 0 aliphatic carbocycles. The first-order valence-electron chi connectivity index (χ1n) is 11.0. The lowest BCUT2D eigenvalue weighted by atomic mass is 10.1. The number of hydrogen-bond acceptors (Lipinski definition) is 7. The summed E-state index contributed by atoms with van der Waals surface area (Å²) in [7, 11) is 0. The quantitative estimate of drug-likeness (QED) is 0.159. The normalized spacial score (nSPS) is 12.8. The highest BCUT2D eigenvalue weighted by Crippen LogP contribution is 2.34. The summed E-state index contributed by atoms with van der Waals surface area (Å²) in [6.45, 7) is 1.85. The van der Waals surface area contributed by atoms with Gasteiger partial charge in [-0.25, -0.2) is 4.98 Å². The number of benzene rings is 3. The van der Waals surface area contributed by atoms with Crippen molar-refractivity contribution in [2.75, 3.05) is 0 Å². The third-order valence-electron chi connectivity index (χ3n) is 5.46. The Kier molecular flexibility index (Phi) is 6.62. The first-order chi connectivity index (χ1) is 17.1. The third kappa shape index (κ3) is 4.83. The molecule has 1 N–H and O–H groups in total. The molecule has 172 valence electrons. The van der Waals surface area contributed by atoms with E-state index in [2.05, 4.69) is 33.4 Å². The van der Waals surface area contributed by atoms with Gasteiger partial charge >= 0.3 is 0 Å². The van der Waals surface area contributed by atoms with Crippen molar-refractivity contribution in [1.29, 1.82) is 5.26 Å². The number of aromatic nitrogens is 4. The van der Waals surface area contributed by atoms with Gasteiger partial charge < -0.3 is 5.11 Å². The molecule has 0 fully saturated rings. The fourth-order valence-electron chi connectivity index (χ4n) is 3.72. The van der Waals surface area contributed by atoms with Crippen molar-refractivity contribution in [3.63, 3.8) is 0 Å².